The van der Waals surface area contributed by atoms with Crippen LogP contribution in [0, 0.1) is 23.2 Å². The van der Waals surface area contributed by atoms with Gasteiger partial charge in [-0.25, -0.2) is 0 Å². The molecule has 3 aliphatic carbocycles. The normalized spacial score (nSPS) is 41.7. The highest BCUT2D eigenvalue weighted by atomic mass is 16.3. The average molecular weight is 345 g/mol. The Morgan fingerprint density at radius 1 is 1.20 bits per heavy atom. The summed E-state index contributed by atoms with van der Waals surface area (Å²) in [4.78, 5) is 0. The van der Waals surface area contributed by atoms with Gasteiger partial charge in [-0.2, -0.15) is 0 Å². The molecule has 3 aliphatic rings. The first-order valence-corrected chi connectivity index (χ1v) is 10.3. The predicted molar refractivity (Wildman–Crippen MR) is 104 cm³/mol. The van der Waals surface area contributed by atoms with Crippen molar-refractivity contribution in [2.45, 2.75) is 84.3 Å². The molecule has 25 heavy (non-hydrogen) atoms. The molecule has 0 aliphatic heterocycles. The topological polar surface area (TPSA) is 40.5 Å². The van der Waals surface area contributed by atoms with E-state index in [1.54, 1.807) is 5.57 Å². The first-order chi connectivity index (χ1) is 11.9. The van der Waals surface area contributed by atoms with Gasteiger partial charge in [-0.1, -0.05) is 57.1 Å². The minimum atomic E-state index is -0.591. The lowest BCUT2D eigenvalue weighted by molar-refractivity contribution is 0.0961. The number of fused-ring (bicyclic) bond motifs is 1. The second-order valence-corrected chi connectivity index (χ2v) is 9.06. The van der Waals surface area contributed by atoms with Gasteiger partial charge in [0.25, 0.3) is 0 Å². The fourth-order valence-corrected chi connectivity index (χ4v) is 5.92. The molecule has 0 aromatic carbocycles. The van der Waals surface area contributed by atoms with Crippen molar-refractivity contribution in [1.82, 2.24) is 0 Å². The van der Waals surface area contributed by atoms with E-state index >= 15 is 0 Å². The smallest absolute Gasteiger partial charge is 0.0809 e. The molecule has 0 spiro atoms. The monoisotopic (exact) mass is 344 g/mol. The molecule has 0 saturated heterocycles. The molecular weight excluding hydrogens is 308 g/mol. The highest BCUT2D eigenvalue weighted by Gasteiger charge is 2.50. The van der Waals surface area contributed by atoms with Crippen LogP contribution in [0.5, 0.6) is 0 Å². The molecule has 0 radical (unpaired) electrons. The summed E-state index contributed by atoms with van der Waals surface area (Å²) in [5.74, 6) is 2.41. The molecule has 2 N–H and O–H groups in total. The summed E-state index contributed by atoms with van der Waals surface area (Å²) in [7, 11) is 0. The van der Waals surface area contributed by atoms with E-state index in [4.69, 9.17) is 0 Å². The number of aliphatic hydroxyl groups excluding tert-OH is 2. The number of rotatable bonds is 3. The Kier molecular flexibility index (Phi) is 5.60. The number of allylic oxidation sites excluding steroid dienone is 3. The summed E-state index contributed by atoms with van der Waals surface area (Å²) in [5.41, 5.74) is 3.81. The summed E-state index contributed by atoms with van der Waals surface area (Å²) in [5, 5.41) is 20.1. The molecule has 2 nitrogen and oxygen atoms in total. The summed E-state index contributed by atoms with van der Waals surface area (Å²) in [6.07, 6.45) is 12.5. The van der Waals surface area contributed by atoms with Crippen LogP contribution in [0.25, 0.3) is 0 Å². The van der Waals surface area contributed by atoms with Crippen molar-refractivity contribution in [3.05, 3.63) is 35.5 Å². The molecule has 0 aromatic rings. The molecule has 140 valence electrons. The molecule has 0 unspecified atom stereocenters. The van der Waals surface area contributed by atoms with E-state index in [0.717, 1.165) is 23.3 Å². The van der Waals surface area contributed by atoms with Crippen LogP contribution in [-0.4, -0.2) is 22.4 Å². The van der Waals surface area contributed by atoms with Crippen LogP contribution in [0.2, 0.25) is 0 Å². The van der Waals surface area contributed by atoms with Gasteiger partial charge in [0, 0.05) is 0 Å². The third kappa shape index (κ3) is 3.53. The van der Waals surface area contributed by atoms with E-state index in [1.165, 1.54) is 38.5 Å². The first kappa shape index (κ1) is 18.9. The van der Waals surface area contributed by atoms with Crippen molar-refractivity contribution in [3.63, 3.8) is 0 Å². The summed E-state index contributed by atoms with van der Waals surface area (Å²) in [6.45, 7) is 11.1. The van der Waals surface area contributed by atoms with Gasteiger partial charge in [0.2, 0.25) is 0 Å². The molecule has 3 rings (SSSR count). The van der Waals surface area contributed by atoms with Crippen LogP contribution in [-0.2, 0) is 0 Å². The molecule has 3 saturated carbocycles. The highest BCUT2D eigenvalue weighted by molar-refractivity contribution is 5.29. The fourth-order valence-electron chi connectivity index (χ4n) is 5.92. The number of hydrogen-bond acceptors (Lipinski definition) is 2. The first-order valence-electron chi connectivity index (χ1n) is 10.3. The van der Waals surface area contributed by atoms with Crippen LogP contribution in [0.3, 0.4) is 0 Å². The quantitative estimate of drug-likeness (QED) is 0.693. The van der Waals surface area contributed by atoms with E-state index < -0.39 is 12.2 Å². The number of aliphatic hydroxyl groups is 2. The third-order valence-electron chi connectivity index (χ3n) is 7.67. The molecule has 3 fully saturated rings. The van der Waals surface area contributed by atoms with Gasteiger partial charge in [-0.05, 0) is 73.7 Å². The van der Waals surface area contributed by atoms with Crippen molar-refractivity contribution in [1.29, 1.82) is 0 Å². The van der Waals surface area contributed by atoms with Crippen LogP contribution in [0.4, 0.5) is 0 Å². The fraction of sp³-hybridized carbons (Fsp3) is 0.739. The SMILES string of the molecule is C=C1[C@H](O)CC(=C/C=C2\CCC[C@]3(C)[C@@H]([C@@H](C)CC)CC[C@@H]23)C[C@H]1O. The second-order valence-electron chi connectivity index (χ2n) is 9.06. The largest absolute Gasteiger partial charge is 0.388 e. The predicted octanol–water partition coefficient (Wildman–Crippen LogP) is 5.17. The molecule has 0 amide bonds. The standard InChI is InChI=1S/C23H36O2/c1-5-15(2)19-10-11-20-18(7-6-12-23(19,20)4)9-8-17-13-21(24)16(3)22(25)14-17/h8-9,15,19-22,24-25H,3,5-7,10-14H2,1-2,4H3/b18-9+/t15-,19+,20-,21+,22+,23+/m0/s1. The van der Waals surface area contributed by atoms with E-state index in [9.17, 15) is 10.2 Å². The van der Waals surface area contributed by atoms with Crippen molar-refractivity contribution in [3.8, 4) is 0 Å². The zero-order valence-electron chi connectivity index (χ0n) is 16.3. The minimum Gasteiger partial charge on any atom is -0.388 e. The number of hydrogen-bond donors (Lipinski definition) is 2. The van der Waals surface area contributed by atoms with Crippen molar-refractivity contribution >= 4 is 0 Å². The van der Waals surface area contributed by atoms with Gasteiger partial charge >= 0.3 is 0 Å². The van der Waals surface area contributed by atoms with Crippen LogP contribution in [0.1, 0.15) is 72.1 Å². The zero-order chi connectivity index (χ0) is 18.2. The summed E-state index contributed by atoms with van der Waals surface area (Å²) < 4.78 is 0. The van der Waals surface area contributed by atoms with E-state index in [1.807, 2.05) is 0 Å². The molecular formula is C23H36O2. The Morgan fingerprint density at radius 3 is 2.52 bits per heavy atom. The second kappa shape index (κ2) is 7.40. The van der Waals surface area contributed by atoms with E-state index in [2.05, 4.69) is 39.5 Å². The Balaban J connectivity index is 1.78. The Bertz CT molecular complexity index is 557. The lowest BCUT2D eigenvalue weighted by Crippen LogP contribution is -2.35. The Labute approximate surface area is 153 Å². The van der Waals surface area contributed by atoms with E-state index in [0.29, 0.717) is 23.8 Å². The van der Waals surface area contributed by atoms with Gasteiger partial charge in [-0.15, -0.1) is 0 Å². The lowest BCUT2D eigenvalue weighted by Gasteiger charge is -2.44. The van der Waals surface area contributed by atoms with Gasteiger partial charge in [0.15, 0.2) is 0 Å². The van der Waals surface area contributed by atoms with Gasteiger partial charge in [0.05, 0.1) is 12.2 Å². The van der Waals surface area contributed by atoms with Crippen molar-refractivity contribution in [2.75, 3.05) is 0 Å². The van der Waals surface area contributed by atoms with Gasteiger partial charge < -0.3 is 10.2 Å². The van der Waals surface area contributed by atoms with Crippen LogP contribution in [0.15, 0.2) is 35.5 Å². The third-order valence-corrected chi connectivity index (χ3v) is 7.67. The molecule has 6 atom stereocenters. The van der Waals surface area contributed by atoms with Gasteiger partial charge in [0.1, 0.15) is 0 Å². The summed E-state index contributed by atoms with van der Waals surface area (Å²) >= 11 is 0. The zero-order valence-corrected chi connectivity index (χ0v) is 16.3. The van der Waals surface area contributed by atoms with Crippen molar-refractivity contribution in [2.24, 2.45) is 23.2 Å². The van der Waals surface area contributed by atoms with Crippen LogP contribution >= 0.6 is 0 Å². The van der Waals surface area contributed by atoms with Crippen molar-refractivity contribution < 1.29 is 10.2 Å². The van der Waals surface area contributed by atoms with Gasteiger partial charge in [-0.3, -0.25) is 0 Å². The van der Waals surface area contributed by atoms with Crippen LogP contribution < -0.4 is 0 Å². The highest BCUT2D eigenvalue weighted by Crippen LogP contribution is 2.59. The molecule has 2 heteroatoms. The Morgan fingerprint density at radius 2 is 1.88 bits per heavy atom. The lowest BCUT2D eigenvalue weighted by atomic mass is 9.61. The maximum absolute atomic E-state index is 10.0. The molecule has 0 heterocycles. The summed E-state index contributed by atoms with van der Waals surface area (Å²) in [6, 6.07) is 0. The van der Waals surface area contributed by atoms with E-state index in [-0.39, 0.29) is 0 Å². The average Bonchev–Trinajstić information content (AvgIpc) is 2.94. The maximum Gasteiger partial charge on any atom is 0.0809 e. The molecule has 0 aromatic heterocycles. The molecule has 0 bridgehead atoms. The Hall–Kier alpha value is -0.860. The minimum absolute atomic E-state index is 0.470. The maximum atomic E-state index is 10.0.